The van der Waals surface area contributed by atoms with Gasteiger partial charge < -0.3 is 15.0 Å². The van der Waals surface area contributed by atoms with E-state index >= 15 is 0 Å². The average molecular weight is 315 g/mol. The van der Waals surface area contributed by atoms with E-state index in [0.717, 1.165) is 18.7 Å². The normalized spacial score (nSPS) is 11.4. The molecule has 0 bridgehead atoms. The highest BCUT2D eigenvalue weighted by atomic mass is 16.3. The topological polar surface area (TPSA) is 67.2 Å². The molecule has 2 rings (SSSR count). The Balaban J connectivity index is 2.00. The monoisotopic (exact) mass is 315 g/mol. The molecule has 0 aliphatic carbocycles. The lowest BCUT2D eigenvalue weighted by Crippen LogP contribution is -2.37. The molecule has 0 fully saturated rings. The second-order valence-corrected chi connectivity index (χ2v) is 5.86. The van der Waals surface area contributed by atoms with Crippen molar-refractivity contribution in [1.82, 2.24) is 14.9 Å². The van der Waals surface area contributed by atoms with Gasteiger partial charge in [0.1, 0.15) is 5.82 Å². The molecule has 5 heteroatoms. The van der Waals surface area contributed by atoms with Crippen LogP contribution >= 0.6 is 0 Å². The van der Waals surface area contributed by atoms with Gasteiger partial charge in [0.25, 0.3) is 5.91 Å². The summed E-state index contributed by atoms with van der Waals surface area (Å²) in [6.45, 7) is 4.90. The van der Waals surface area contributed by atoms with Crippen LogP contribution in [0.15, 0.2) is 42.9 Å². The zero-order valence-electron chi connectivity index (χ0n) is 13.8. The number of aliphatic hydroxyl groups excluding tert-OH is 1. The average Bonchev–Trinajstić information content (AvgIpc) is 3.13. The third kappa shape index (κ3) is 4.20. The van der Waals surface area contributed by atoms with E-state index in [1.165, 1.54) is 0 Å². The second kappa shape index (κ2) is 7.92. The standard InChI is InChI=1S/C18H25N3O2/c1-3-18(4-2,9-12-22)14-20-17(23)15-7-8-16(19-13-15)21-10-5-6-11-21/h5-8,10-11,13,22H,3-4,9,12,14H2,1-2H3,(H,20,23). The molecule has 2 aromatic rings. The van der Waals surface area contributed by atoms with Crippen molar-refractivity contribution in [2.75, 3.05) is 13.2 Å². The molecular weight excluding hydrogens is 290 g/mol. The summed E-state index contributed by atoms with van der Waals surface area (Å²) in [7, 11) is 0. The van der Waals surface area contributed by atoms with E-state index < -0.39 is 0 Å². The Morgan fingerprint density at radius 3 is 2.48 bits per heavy atom. The molecule has 0 atom stereocenters. The SMILES string of the molecule is CCC(CC)(CCO)CNC(=O)c1ccc(-n2cccc2)nc1. The summed E-state index contributed by atoms with van der Waals surface area (Å²) < 4.78 is 1.89. The summed E-state index contributed by atoms with van der Waals surface area (Å²) in [5.41, 5.74) is 0.508. The van der Waals surface area contributed by atoms with Crippen molar-refractivity contribution < 1.29 is 9.90 Å². The highest BCUT2D eigenvalue weighted by Gasteiger charge is 2.26. The molecule has 23 heavy (non-hydrogen) atoms. The van der Waals surface area contributed by atoms with E-state index in [-0.39, 0.29) is 17.9 Å². The lowest BCUT2D eigenvalue weighted by Gasteiger charge is -2.31. The molecule has 1 amide bonds. The van der Waals surface area contributed by atoms with Crippen LogP contribution in [0.3, 0.4) is 0 Å². The molecule has 2 aromatic heterocycles. The Morgan fingerprint density at radius 2 is 1.96 bits per heavy atom. The Bertz CT molecular complexity index is 602. The highest BCUT2D eigenvalue weighted by molar-refractivity contribution is 5.93. The van der Waals surface area contributed by atoms with E-state index in [4.69, 9.17) is 0 Å². The van der Waals surface area contributed by atoms with Gasteiger partial charge in [-0.3, -0.25) is 4.79 Å². The predicted octanol–water partition coefficient (Wildman–Crippen LogP) is 2.79. The molecule has 0 unspecified atom stereocenters. The van der Waals surface area contributed by atoms with Crippen molar-refractivity contribution >= 4 is 5.91 Å². The summed E-state index contributed by atoms with van der Waals surface area (Å²) in [6.07, 6.45) is 7.97. The van der Waals surface area contributed by atoms with Gasteiger partial charge in [-0.15, -0.1) is 0 Å². The Morgan fingerprint density at radius 1 is 1.26 bits per heavy atom. The van der Waals surface area contributed by atoms with Crippen LogP contribution in [-0.4, -0.2) is 33.7 Å². The van der Waals surface area contributed by atoms with Gasteiger partial charge in [-0.1, -0.05) is 13.8 Å². The van der Waals surface area contributed by atoms with Gasteiger partial charge in [0, 0.05) is 31.7 Å². The molecule has 124 valence electrons. The molecule has 0 spiro atoms. The van der Waals surface area contributed by atoms with E-state index in [1.54, 1.807) is 12.3 Å². The van der Waals surface area contributed by atoms with Crippen LogP contribution in [0.5, 0.6) is 0 Å². The fraction of sp³-hybridized carbons (Fsp3) is 0.444. The number of amides is 1. The maximum Gasteiger partial charge on any atom is 0.252 e. The summed E-state index contributed by atoms with van der Waals surface area (Å²) in [5.74, 6) is 0.657. The molecule has 0 aliphatic rings. The zero-order valence-corrected chi connectivity index (χ0v) is 13.8. The lowest BCUT2D eigenvalue weighted by atomic mass is 9.79. The minimum atomic E-state index is -0.124. The van der Waals surface area contributed by atoms with E-state index in [2.05, 4.69) is 24.1 Å². The number of rotatable bonds is 8. The first-order chi connectivity index (χ1) is 11.1. The van der Waals surface area contributed by atoms with Crippen LogP contribution < -0.4 is 5.32 Å². The van der Waals surface area contributed by atoms with Crippen LogP contribution in [0.2, 0.25) is 0 Å². The summed E-state index contributed by atoms with van der Waals surface area (Å²) in [4.78, 5) is 16.6. The van der Waals surface area contributed by atoms with Crippen molar-refractivity contribution in [3.05, 3.63) is 48.4 Å². The maximum atomic E-state index is 12.3. The van der Waals surface area contributed by atoms with Crippen molar-refractivity contribution in [3.8, 4) is 5.82 Å². The molecule has 2 heterocycles. The minimum absolute atomic E-state index is 0.0388. The lowest BCUT2D eigenvalue weighted by molar-refractivity contribution is 0.0907. The van der Waals surface area contributed by atoms with Gasteiger partial charge in [0.05, 0.1) is 5.56 Å². The molecule has 5 nitrogen and oxygen atoms in total. The Hall–Kier alpha value is -2.14. The van der Waals surface area contributed by atoms with E-state index in [1.807, 2.05) is 35.2 Å². The molecule has 0 saturated carbocycles. The number of nitrogens with zero attached hydrogens (tertiary/aromatic N) is 2. The van der Waals surface area contributed by atoms with E-state index in [9.17, 15) is 9.90 Å². The molecule has 0 aromatic carbocycles. The van der Waals surface area contributed by atoms with Gasteiger partial charge in [-0.05, 0) is 48.9 Å². The predicted molar refractivity (Wildman–Crippen MR) is 90.6 cm³/mol. The summed E-state index contributed by atoms with van der Waals surface area (Å²) in [6, 6.07) is 7.47. The first-order valence-corrected chi connectivity index (χ1v) is 8.12. The molecular formula is C18H25N3O2. The smallest absolute Gasteiger partial charge is 0.252 e. The number of aliphatic hydroxyl groups is 1. The largest absolute Gasteiger partial charge is 0.396 e. The number of carbonyl (C=O) groups excluding carboxylic acids is 1. The number of pyridine rings is 1. The number of carbonyl (C=O) groups is 1. The fourth-order valence-electron chi connectivity index (χ4n) is 2.71. The van der Waals surface area contributed by atoms with Crippen molar-refractivity contribution in [1.29, 1.82) is 0 Å². The highest BCUT2D eigenvalue weighted by Crippen LogP contribution is 2.29. The number of nitrogens with one attached hydrogen (secondary N) is 1. The third-order valence-electron chi connectivity index (χ3n) is 4.65. The fourth-order valence-corrected chi connectivity index (χ4v) is 2.71. The first-order valence-electron chi connectivity index (χ1n) is 8.12. The molecule has 0 saturated heterocycles. The van der Waals surface area contributed by atoms with Gasteiger partial charge in [0.2, 0.25) is 0 Å². The van der Waals surface area contributed by atoms with Gasteiger partial charge >= 0.3 is 0 Å². The Kier molecular flexibility index (Phi) is 5.93. The van der Waals surface area contributed by atoms with E-state index in [0.29, 0.717) is 18.5 Å². The maximum absolute atomic E-state index is 12.3. The van der Waals surface area contributed by atoms with Crippen LogP contribution in [0.4, 0.5) is 0 Å². The van der Waals surface area contributed by atoms with Gasteiger partial charge in [-0.2, -0.15) is 0 Å². The van der Waals surface area contributed by atoms with Crippen molar-refractivity contribution in [2.45, 2.75) is 33.1 Å². The van der Waals surface area contributed by atoms with Crippen molar-refractivity contribution in [3.63, 3.8) is 0 Å². The number of hydrogen-bond acceptors (Lipinski definition) is 3. The van der Waals surface area contributed by atoms with Gasteiger partial charge in [-0.25, -0.2) is 4.98 Å². The summed E-state index contributed by atoms with van der Waals surface area (Å²) >= 11 is 0. The minimum Gasteiger partial charge on any atom is -0.396 e. The second-order valence-electron chi connectivity index (χ2n) is 5.86. The van der Waals surface area contributed by atoms with Crippen LogP contribution in [0.25, 0.3) is 5.82 Å². The summed E-state index contributed by atoms with van der Waals surface area (Å²) in [5, 5.41) is 12.2. The quantitative estimate of drug-likeness (QED) is 0.787. The molecule has 0 aliphatic heterocycles. The van der Waals surface area contributed by atoms with Crippen LogP contribution in [0, 0.1) is 5.41 Å². The molecule has 2 N–H and O–H groups in total. The number of hydrogen-bond donors (Lipinski definition) is 2. The third-order valence-corrected chi connectivity index (χ3v) is 4.65. The van der Waals surface area contributed by atoms with Crippen LogP contribution in [-0.2, 0) is 0 Å². The molecule has 0 radical (unpaired) electrons. The Labute approximate surface area is 137 Å². The number of aromatic nitrogens is 2. The van der Waals surface area contributed by atoms with Crippen molar-refractivity contribution in [2.24, 2.45) is 5.41 Å². The zero-order chi connectivity index (χ0) is 16.7. The van der Waals surface area contributed by atoms with Crippen LogP contribution in [0.1, 0.15) is 43.5 Å². The van der Waals surface area contributed by atoms with Gasteiger partial charge in [0.15, 0.2) is 0 Å². The first kappa shape index (κ1) is 17.2.